The van der Waals surface area contributed by atoms with Crippen molar-refractivity contribution in [3.05, 3.63) is 42.7 Å². The molecule has 0 aliphatic carbocycles. The molecule has 7 nitrogen and oxygen atoms in total. The van der Waals surface area contributed by atoms with Crippen molar-refractivity contribution in [1.82, 2.24) is 19.9 Å². The average molecular weight is 409 g/mol. The summed E-state index contributed by atoms with van der Waals surface area (Å²) in [5, 5.41) is 0.983. The molecule has 0 N–H and O–H groups in total. The smallest absolute Gasteiger partial charge is 0.227 e. The largest absolute Gasteiger partial charge is 0.353 e. The van der Waals surface area contributed by atoms with Crippen LogP contribution in [0.1, 0.15) is 12.8 Å². The summed E-state index contributed by atoms with van der Waals surface area (Å²) in [5.41, 5.74) is 0.937. The molecule has 3 aromatic rings. The van der Waals surface area contributed by atoms with Gasteiger partial charge in [0.25, 0.3) is 0 Å². The van der Waals surface area contributed by atoms with Crippen molar-refractivity contribution in [1.29, 1.82) is 0 Å². The second-order valence-electron chi connectivity index (χ2n) is 7.61. The third-order valence-corrected chi connectivity index (χ3v) is 6.80. The van der Waals surface area contributed by atoms with Gasteiger partial charge >= 0.3 is 0 Å². The number of amides is 1. The summed E-state index contributed by atoms with van der Waals surface area (Å²) >= 11 is 1.62. The molecule has 2 aliphatic rings. The van der Waals surface area contributed by atoms with Crippen LogP contribution < -0.4 is 9.80 Å². The lowest BCUT2D eigenvalue weighted by Crippen LogP contribution is -2.52. The molecule has 2 fully saturated rings. The number of piperidine rings is 1. The van der Waals surface area contributed by atoms with Crippen LogP contribution in [0.3, 0.4) is 0 Å². The molecule has 3 aromatic heterocycles. The van der Waals surface area contributed by atoms with Crippen LogP contribution in [0.5, 0.6) is 0 Å². The average Bonchev–Trinajstić information content (AvgIpc) is 3.24. The van der Waals surface area contributed by atoms with E-state index in [1.807, 2.05) is 41.4 Å². The van der Waals surface area contributed by atoms with E-state index in [1.165, 1.54) is 0 Å². The normalized spacial score (nSPS) is 20.3. The molecule has 1 atom stereocenters. The molecule has 8 heteroatoms. The zero-order valence-electron chi connectivity index (χ0n) is 16.3. The molecule has 2 aliphatic heterocycles. The predicted molar refractivity (Wildman–Crippen MR) is 115 cm³/mol. The number of hydrogen-bond acceptors (Lipinski definition) is 7. The molecule has 150 valence electrons. The topological polar surface area (TPSA) is 65.5 Å². The van der Waals surface area contributed by atoms with Crippen LogP contribution in [0.4, 0.5) is 10.9 Å². The quantitative estimate of drug-likeness (QED) is 0.664. The number of anilines is 2. The Morgan fingerprint density at radius 1 is 0.966 bits per heavy atom. The van der Waals surface area contributed by atoms with Gasteiger partial charge in [0, 0.05) is 51.7 Å². The van der Waals surface area contributed by atoms with E-state index in [1.54, 1.807) is 17.5 Å². The highest BCUT2D eigenvalue weighted by atomic mass is 32.1. The third-order valence-electron chi connectivity index (χ3n) is 5.76. The van der Waals surface area contributed by atoms with Crippen molar-refractivity contribution in [2.24, 2.45) is 5.92 Å². The molecule has 0 bridgehead atoms. The molecule has 0 spiro atoms. The molecule has 5 rings (SSSR count). The Morgan fingerprint density at radius 2 is 1.83 bits per heavy atom. The van der Waals surface area contributed by atoms with Crippen LogP contribution in [0.15, 0.2) is 42.7 Å². The lowest BCUT2D eigenvalue weighted by Gasteiger charge is -2.39. The molecule has 1 amide bonds. The van der Waals surface area contributed by atoms with Crippen molar-refractivity contribution < 1.29 is 4.79 Å². The number of carbonyl (C=O) groups excluding carboxylic acids is 1. The summed E-state index contributed by atoms with van der Waals surface area (Å²) in [6, 6.07) is 9.88. The predicted octanol–water partition coefficient (Wildman–Crippen LogP) is 2.65. The van der Waals surface area contributed by atoms with E-state index in [4.69, 9.17) is 4.98 Å². The first kappa shape index (κ1) is 18.3. The summed E-state index contributed by atoms with van der Waals surface area (Å²) in [6.07, 6.45) is 5.60. The number of nitrogens with zero attached hydrogens (tertiary/aromatic N) is 6. The first-order valence-corrected chi connectivity index (χ1v) is 11.0. The summed E-state index contributed by atoms with van der Waals surface area (Å²) in [5.74, 6) is 1.33. The van der Waals surface area contributed by atoms with Crippen molar-refractivity contribution in [3.8, 4) is 0 Å². The highest BCUT2D eigenvalue weighted by Gasteiger charge is 2.32. The lowest BCUT2D eigenvalue weighted by molar-refractivity contribution is -0.136. The van der Waals surface area contributed by atoms with E-state index in [-0.39, 0.29) is 11.8 Å². The maximum absolute atomic E-state index is 13.2. The zero-order chi connectivity index (χ0) is 19.6. The molecule has 0 saturated carbocycles. The Hall–Kier alpha value is -2.74. The monoisotopic (exact) mass is 408 g/mol. The summed E-state index contributed by atoms with van der Waals surface area (Å²) in [4.78, 5) is 34.3. The van der Waals surface area contributed by atoms with Crippen molar-refractivity contribution in [3.63, 3.8) is 0 Å². The number of thiazole rings is 1. The lowest BCUT2D eigenvalue weighted by atomic mass is 9.96. The van der Waals surface area contributed by atoms with Crippen LogP contribution in [0.25, 0.3) is 10.3 Å². The van der Waals surface area contributed by atoms with Gasteiger partial charge < -0.3 is 14.7 Å². The van der Waals surface area contributed by atoms with Crippen molar-refractivity contribution in [2.45, 2.75) is 12.8 Å². The van der Waals surface area contributed by atoms with Crippen molar-refractivity contribution >= 4 is 38.5 Å². The summed E-state index contributed by atoms with van der Waals surface area (Å²) in [7, 11) is 0. The first-order valence-electron chi connectivity index (χ1n) is 10.2. The minimum atomic E-state index is 0.0464. The molecule has 5 heterocycles. The molecule has 1 unspecified atom stereocenters. The number of hydrogen-bond donors (Lipinski definition) is 0. The second kappa shape index (κ2) is 7.94. The Bertz CT molecular complexity index is 952. The second-order valence-corrected chi connectivity index (χ2v) is 8.57. The molecule has 29 heavy (non-hydrogen) atoms. The first-order chi connectivity index (χ1) is 14.3. The number of rotatable bonds is 3. The fourth-order valence-corrected chi connectivity index (χ4v) is 5.14. The van der Waals surface area contributed by atoms with Crippen LogP contribution in [0.2, 0.25) is 0 Å². The molecule has 2 saturated heterocycles. The minimum Gasteiger partial charge on any atom is -0.353 e. The Balaban J connectivity index is 1.22. The van der Waals surface area contributed by atoms with Crippen molar-refractivity contribution in [2.75, 3.05) is 49.1 Å². The summed E-state index contributed by atoms with van der Waals surface area (Å²) < 4.78 is 0. The zero-order valence-corrected chi connectivity index (χ0v) is 17.1. The fraction of sp³-hybridized carbons (Fsp3) is 0.429. The number of piperazine rings is 1. The molecule has 0 radical (unpaired) electrons. The minimum absolute atomic E-state index is 0.0464. The third kappa shape index (κ3) is 3.76. The van der Waals surface area contributed by atoms with Crippen LogP contribution >= 0.6 is 11.3 Å². The van der Waals surface area contributed by atoms with Gasteiger partial charge in [0.15, 0.2) is 5.13 Å². The van der Waals surface area contributed by atoms with E-state index < -0.39 is 0 Å². The number of carbonyl (C=O) groups is 1. The SMILES string of the molecule is O=C(C1CCCN(c2nc3cccnc3s2)C1)N1CCN(c2ccccn2)CC1. The van der Waals surface area contributed by atoms with E-state index in [0.717, 1.165) is 73.4 Å². The van der Waals surface area contributed by atoms with E-state index >= 15 is 0 Å². The maximum atomic E-state index is 13.2. The number of fused-ring (bicyclic) bond motifs is 1. The van der Waals surface area contributed by atoms with Crippen LogP contribution in [-0.4, -0.2) is 65.0 Å². The van der Waals surface area contributed by atoms with Gasteiger partial charge in [0.05, 0.1) is 5.92 Å². The summed E-state index contributed by atoms with van der Waals surface area (Å²) in [6.45, 7) is 4.90. The van der Waals surface area contributed by atoms with Gasteiger partial charge in [-0.2, -0.15) is 0 Å². The van der Waals surface area contributed by atoms with E-state index in [9.17, 15) is 4.79 Å². The van der Waals surface area contributed by atoms with E-state index in [0.29, 0.717) is 0 Å². The fourth-order valence-electron chi connectivity index (χ4n) is 4.20. The number of aromatic nitrogens is 3. The van der Waals surface area contributed by atoms with Gasteiger partial charge in [0.1, 0.15) is 16.2 Å². The van der Waals surface area contributed by atoms with Gasteiger partial charge in [0.2, 0.25) is 5.91 Å². The number of pyridine rings is 2. The molecular formula is C21H24N6OS. The molecule has 0 aromatic carbocycles. The maximum Gasteiger partial charge on any atom is 0.227 e. The van der Waals surface area contributed by atoms with E-state index in [2.05, 4.69) is 19.8 Å². The highest BCUT2D eigenvalue weighted by Crippen LogP contribution is 2.31. The van der Waals surface area contributed by atoms with Gasteiger partial charge in [-0.3, -0.25) is 4.79 Å². The Kier molecular flexibility index (Phi) is 5.01. The standard InChI is InChI=1S/C21H24N6OS/c28-20(26-13-11-25(12-14-26)18-7-1-2-8-22-18)16-5-4-10-27(15-16)21-24-17-6-3-9-23-19(17)29-21/h1-3,6-9,16H,4-5,10-15H2. The van der Waals surface area contributed by atoms with Gasteiger partial charge in [-0.25, -0.2) is 15.0 Å². The Labute approximate surface area is 174 Å². The van der Waals surface area contributed by atoms with Crippen LogP contribution in [0, 0.1) is 5.92 Å². The Morgan fingerprint density at radius 3 is 2.62 bits per heavy atom. The molecular weight excluding hydrogens is 384 g/mol. The van der Waals surface area contributed by atoms with Gasteiger partial charge in [-0.15, -0.1) is 0 Å². The van der Waals surface area contributed by atoms with Gasteiger partial charge in [-0.05, 0) is 37.1 Å². The highest BCUT2D eigenvalue weighted by molar-refractivity contribution is 7.21. The van der Waals surface area contributed by atoms with Crippen LogP contribution in [-0.2, 0) is 4.79 Å². The van der Waals surface area contributed by atoms with Gasteiger partial charge in [-0.1, -0.05) is 17.4 Å².